The van der Waals surface area contributed by atoms with Gasteiger partial charge in [-0.05, 0) is 24.2 Å². The molecule has 0 heterocycles. The SMILES string of the molecule is C=CC(N)CC(C)CC(C)(C)C. The zero-order valence-electron chi connectivity index (χ0n) is 8.93. The molecule has 0 spiro atoms. The smallest absolute Gasteiger partial charge is 0.0223 e. The maximum atomic E-state index is 5.77. The number of hydrogen-bond acceptors (Lipinski definition) is 1. The van der Waals surface area contributed by atoms with Gasteiger partial charge in [0, 0.05) is 6.04 Å². The van der Waals surface area contributed by atoms with E-state index in [2.05, 4.69) is 34.3 Å². The van der Waals surface area contributed by atoms with E-state index in [4.69, 9.17) is 5.73 Å². The highest BCUT2D eigenvalue weighted by Gasteiger charge is 2.16. The monoisotopic (exact) mass is 169 g/mol. The van der Waals surface area contributed by atoms with E-state index in [1.54, 1.807) is 0 Å². The van der Waals surface area contributed by atoms with Gasteiger partial charge < -0.3 is 5.73 Å². The molecule has 0 aliphatic heterocycles. The third kappa shape index (κ3) is 6.41. The summed E-state index contributed by atoms with van der Waals surface area (Å²) in [5, 5.41) is 0. The summed E-state index contributed by atoms with van der Waals surface area (Å²) in [6.07, 6.45) is 4.12. The van der Waals surface area contributed by atoms with Gasteiger partial charge in [0.15, 0.2) is 0 Å². The number of hydrogen-bond donors (Lipinski definition) is 1. The summed E-state index contributed by atoms with van der Waals surface area (Å²) in [6, 6.07) is 0.169. The third-order valence-electron chi connectivity index (χ3n) is 1.94. The van der Waals surface area contributed by atoms with Crippen LogP contribution in [-0.2, 0) is 0 Å². The Morgan fingerprint density at radius 1 is 1.42 bits per heavy atom. The maximum Gasteiger partial charge on any atom is 0.0223 e. The Bertz CT molecular complexity index is 132. The molecule has 0 fully saturated rings. The summed E-state index contributed by atoms with van der Waals surface area (Å²) < 4.78 is 0. The van der Waals surface area contributed by atoms with Crippen molar-refractivity contribution in [2.45, 2.75) is 46.6 Å². The first-order valence-electron chi connectivity index (χ1n) is 4.73. The predicted octanol–water partition coefficient (Wildman–Crippen LogP) is 2.96. The zero-order chi connectivity index (χ0) is 9.78. The van der Waals surface area contributed by atoms with E-state index in [0.29, 0.717) is 11.3 Å². The van der Waals surface area contributed by atoms with E-state index >= 15 is 0 Å². The fraction of sp³-hybridized carbons (Fsp3) is 0.818. The van der Waals surface area contributed by atoms with Gasteiger partial charge in [-0.3, -0.25) is 0 Å². The fourth-order valence-electron chi connectivity index (χ4n) is 1.69. The van der Waals surface area contributed by atoms with Crippen LogP contribution < -0.4 is 5.73 Å². The zero-order valence-corrected chi connectivity index (χ0v) is 8.93. The lowest BCUT2D eigenvalue weighted by Gasteiger charge is -2.24. The van der Waals surface area contributed by atoms with Crippen molar-refractivity contribution in [2.75, 3.05) is 0 Å². The van der Waals surface area contributed by atoms with Crippen molar-refractivity contribution in [2.24, 2.45) is 17.1 Å². The summed E-state index contributed by atoms with van der Waals surface area (Å²) in [5.41, 5.74) is 6.19. The molecule has 0 aliphatic carbocycles. The summed E-state index contributed by atoms with van der Waals surface area (Å²) in [6.45, 7) is 12.7. The summed E-state index contributed by atoms with van der Waals surface area (Å²) in [5.74, 6) is 0.693. The molecule has 0 bridgehead atoms. The largest absolute Gasteiger partial charge is 0.324 e. The molecule has 2 atom stereocenters. The highest BCUT2D eigenvalue weighted by Crippen LogP contribution is 2.26. The molecule has 1 heteroatoms. The maximum absolute atomic E-state index is 5.77. The molecule has 0 saturated carbocycles. The predicted molar refractivity (Wildman–Crippen MR) is 56.0 cm³/mol. The third-order valence-corrected chi connectivity index (χ3v) is 1.94. The van der Waals surface area contributed by atoms with Crippen LogP contribution in [0.3, 0.4) is 0 Å². The van der Waals surface area contributed by atoms with Gasteiger partial charge in [0.05, 0.1) is 0 Å². The minimum atomic E-state index is 0.169. The molecular formula is C11H23N. The van der Waals surface area contributed by atoms with Gasteiger partial charge in [0.2, 0.25) is 0 Å². The molecule has 72 valence electrons. The summed E-state index contributed by atoms with van der Waals surface area (Å²) >= 11 is 0. The lowest BCUT2D eigenvalue weighted by Crippen LogP contribution is -2.22. The Morgan fingerprint density at radius 3 is 2.25 bits per heavy atom. The molecule has 12 heavy (non-hydrogen) atoms. The molecule has 2 unspecified atom stereocenters. The minimum absolute atomic E-state index is 0.169. The molecular weight excluding hydrogens is 146 g/mol. The first-order valence-corrected chi connectivity index (χ1v) is 4.73. The normalized spacial score (nSPS) is 17.1. The van der Waals surface area contributed by atoms with Gasteiger partial charge >= 0.3 is 0 Å². The second kappa shape index (κ2) is 4.66. The quantitative estimate of drug-likeness (QED) is 0.643. The van der Waals surface area contributed by atoms with Crippen LogP contribution in [0.1, 0.15) is 40.5 Å². The lowest BCUT2D eigenvalue weighted by atomic mass is 9.83. The summed E-state index contributed by atoms with van der Waals surface area (Å²) in [7, 11) is 0. The van der Waals surface area contributed by atoms with Crippen molar-refractivity contribution in [3.05, 3.63) is 12.7 Å². The van der Waals surface area contributed by atoms with Crippen LogP contribution in [0.15, 0.2) is 12.7 Å². The Hall–Kier alpha value is -0.300. The minimum Gasteiger partial charge on any atom is -0.324 e. The fourth-order valence-corrected chi connectivity index (χ4v) is 1.69. The van der Waals surface area contributed by atoms with Gasteiger partial charge in [-0.15, -0.1) is 6.58 Å². The van der Waals surface area contributed by atoms with Crippen LogP contribution >= 0.6 is 0 Å². The molecule has 0 aromatic heterocycles. The van der Waals surface area contributed by atoms with Gasteiger partial charge in [-0.25, -0.2) is 0 Å². The number of nitrogens with two attached hydrogens (primary N) is 1. The van der Waals surface area contributed by atoms with Crippen molar-refractivity contribution in [3.8, 4) is 0 Å². The highest BCUT2D eigenvalue weighted by atomic mass is 14.6. The van der Waals surface area contributed by atoms with Crippen LogP contribution in [0, 0.1) is 11.3 Å². The average Bonchev–Trinajstić information content (AvgIpc) is 1.82. The van der Waals surface area contributed by atoms with Gasteiger partial charge in [0.25, 0.3) is 0 Å². The molecule has 2 N–H and O–H groups in total. The first kappa shape index (κ1) is 11.7. The second-order valence-electron chi connectivity index (χ2n) is 5.01. The lowest BCUT2D eigenvalue weighted by molar-refractivity contribution is 0.292. The first-order chi connectivity index (χ1) is 5.35. The average molecular weight is 169 g/mol. The Labute approximate surface area is 77.0 Å². The Balaban J connectivity index is 3.74. The van der Waals surface area contributed by atoms with Gasteiger partial charge in [0.1, 0.15) is 0 Å². The van der Waals surface area contributed by atoms with Crippen LogP contribution in [0.5, 0.6) is 0 Å². The van der Waals surface area contributed by atoms with Crippen LogP contribution in [0.4, 0.5) is 0 Å². The second-order valence-corrected chi connectivity index (χ2v) is 5.01. The van der Waals surface area contributed by atoms with Crippen molar-refractivity contribution in [1.82, 2.24) is 0 Å². The molecule has 0 amide bonds. The van der Waals surface area contributed by atoms with E-state index in [-0.39, 0.29) is 6.04 Å². The Morgan fingerprint density at radius 2 is 1.92 bits per heavy atom. The van der Waals surface area contributed by atoms with Crippen molar-refractivity contribution >= 4 is 0 Å². The molecule has 0 rings (SSSR count). The van der Waals surface area contributed by atoms with Gasteiger partial charge in [-0.1, -0.05) is 33.8 Å². The standard InChI is InChI=1S/C11H23N/c1-6-10(12)7-9(2)8-11(3,4)5/h6,9-10H,1,7-8,12H2,2-5H3. The number of rotatable bonds is 4. The molecule has 0 aromatic rings. The van der Waals surface area contributed by atoms with Crippen molar-refractivity contribution < 1.29 is 0 Å². The molecule has 0 aliphatic rings. The molecule has 0 saturated heterocycles. The van der Waals surface area contributed by atoms with Crippen LogP contribution in [-0.4, -0.2) is 6.04 Å². The van der Waals surface area contributed by atoms with E-state index in [1.807, 2.05) is 6.08 Å². The van der Waals surface area contributed by atoms with E-state index < -0.39 is 0 Å². The van der Waals surface area contributed by atoms with Crippen molar-refractivity contribution in [1.29, 1.82) is 0 Å². The summed E-state index contributed by atoms with van der Waals surface area (Å²) in [4.78, 5) is 0. The van der Waals surface area contributed by atoms with Gasteiger partial charge in [-0.2, -0.15) is 0 Å². The van der Waals surface area contributed by atoms with Crippen LogP contribution in [0.2, 0.25) is 0 Å². The Kier molecular flexibility index (Phi) is 4.54. The van der Waals surface area contributed by atoms with E-state index in [0.717, 1.165) is 6.42 Å². The molecule has 0 aromatic carbocycles. The highest BCUT2D eigenvalue weighted by molar-refractivity contribution is 4.84. The topological polar surface area (TPSA) is 26.0 Å². The molecule has 1 nitrogen and oxygen atoms in total. The van der Waals surface area contributed by atoms with Crippen molar-refractivity contribution in [3.63, 3.8) is 0 Å². The molecule has 0 radical (unpaired) electrons. The van der Waals surface area contributed by atoms with Crippen LogP contribution in [0.25, 0.3) is 0 Å². The van der Waals surface area contributed by atoms with E-state index in [1.165, 1.54) is 6.42 Å². The van der Waals surface area contributed by atoms with E-state index in [9.17, 15) is 0 Å².